The van der Waals surface area contributed by atoms with E-state index in [0.717, 1.165) is 25.4 Å². The highest BCUT2D eigenvalue weighted by atomic mass is 32.2. The van der Waals surface area contributed by atoms with Crippen LogP contribution in [0.2, 0.25) is 0 Å². The van der Waals surface area contributed by atoms with Crippen LogP contribution in [0.4, 0.5) is 11.4 Å². The highest BCUT2D eigenvalue weighted by molar-refractivity contribution is 7.92. The molecule has 1 saturated carbocycles. The van der Waals surface area contributed by atoms with Gasteiger partial charge in [0, 0.05) is 6.04 Å². The zero-order valence-electron chi connectivity index (χ0n) is 10.7. The number of anilines is 2. The van der Waals surface area contributed by atoms with Gasteiger partial charge in [-0.3, -0.25) is 9.03 Å². The highest BCUT2D eigenvalue weighted by Gasteiger charge is 2.36. The normalized spacial score (nSPS) is 16.1. The molecule has 0 unspecified atom stereocenters. The van der Waals surface area contributed by atoms with Crippen LogP contribution in [0, 0.1) is 0 Å². The summed E-state index contributed by atoms with van der Waals surface area (Å²) in [5.41, 5.74) is 0.653. The van der Waals surface area contributed by atoms with E-state index in [1.807, 2.05) is 0 Å². The van der Waals surface area contributed by atoms with Crippen molar-refractivity contribution < 1.29 is 16.8 Å². The van der Waals surface area contributed by atoms with Gasteiger partial charge in [-0.1, -0.05) is 12.1 Å². The molecule has 1 fully saturated rings. The molecule has 1 aliphatic rings. The molecule has 1 N–H and O–H groups in total. The van der Waals surface area contributed by atoms with Crippen LogP contribution >= 0.6 is 0 Å². The van der Waals surface area contributed by atoms with Crippen molar-refractivity contribution in [2.75, 3.05) is 21.5 Å². The second-order valence-electron chi connectivity index (χ2n) is 4.68. The molecule has 6 nitrogen and oxygen atoms in total. The molecule has 0 aliphatic heterocycles. The van der Waals surface area contributed by atoms with Gasteiger partial charge in [-0.05, 0) is 25.0 Å². The number of hydrogen-bond acceptors (Lipinski definition) is 4. The molecule has 0 amide bonds. The molecule has 0 heterocycles. The van der Waals surface area contributed by atoms with Crippen molar-refractivity contribution in [3.63, 3.8) is 0 Å². The molecule has 106 valence electrons. The minimum atomic E-state index is -3.46. The quantitative estimate of drug-likeness (QED) is 0.879. The van der Waals surface area contributed by atoms with Gasteiger partial charge < -0.3 is 0 Å². The summed E-state index contributed by atoms with van der Waals surface area (Å²) in [5.74, 6) is 0. The van der Waals surface area contributed by atoms with Crippen LogP contribution in [-0.2, 0) is 20.0 Å². The van der Waals surface area contributed by atoms with Gasteiger partial charge in [0.1, 0.15) is 0 Å². The standard InChI is InChI=1S/C11H16N2O4S2/c1-18(14,15)12-10-5-3-4-6-11(10)13(9-7-8-9)19(2,16)17/h3-6,9,12H,7-8H2,1-2H3. The highest BCUT2D eigenvalue weighted by Crippen LogP contribution is 2.37. The molecule has 0 atom stereocenters. The first kappa shape index (κ1) is 14.1. The Kier molecular flexibility index (Phi) is 3.48. The van der Waals surface area contributed by atoms with Crippen LogP contribution in [0.25, 0.3) is 0 Å². The summed E-state index contributed by atoms with van der Waals surface area (Å²) in [6.07, 6.45) is 3.74. The third kappa shape index (κ3) is 3.60. The fraction of sp³-hybridized carbons (Fsp3) is 0.455. The number of benzene rings is 1. The summed E-state index contributed by atoms with van der Waals surface area (Å²) >= 11 is 0. The maximum absolute atomic E-state index is 11.9. The van der Waals surface area contributed by atoms with E-state index in [9.17, 15) is 16.8 Å². The minimum absolute atomic E-state index is 0.0717. The lowest BCUT2D eigenvalue weighted by atomic mass is 10.2. The van der Waals surface area contributed by atoms with Gasteiger partial charge in [0.2, 0.25) is 20.0 Å². The average Bonchev–Trinajstić information content (AvgIpc) is 3.01. The lowest BCUT2D eigenvalue weighted by Crippen LogP contribution is -2.32. The van der Waals surface area contributed by atoms with Gasteiger partial charge in [0.05, 0.1) is 23.9 Å². The van der Waals surface area contributed by atoms with Gasteiger partial charge in [-0.2, -0.15) is 0 Å². The van der Waals surface area contributed by atoms with E-state index in [0.29, 0.717) is 5.69 Å². The van der Waals surface area contributed by atoms with Crippen LogP contribution in [-0.4, -0.2) is 35.4 Å². The number of nitrogens with zero attached hydrogens (tertiary/aromatic N) is 1. The van der Waals surface area contributed by atoms with Gasteiger partial charge >= 0.3 is 0 Å². The second-order valence-corrected chi connectivity index (χ2v) is 8.29. The van der Waals surface area contributed by atoms with E-state index in [1.165, 1.54) is 4.31 Å². The molecule has 1 aromatic carbocycles. The molecule has 0 spiro atoms. The van der Waals surface area contributed by atoms with Gasteiger partial charge in [0.15, 0.2) is 0 Å². The van der Waals surface area contributed by atoms with Crippen LogP contribution in [0.1, 0.15) is 12.8 Å². The number of hydrogen-bond donors (Lipinski definition) is 1. The fourth-order valence-corrected chi connectivity index (χ4v) is 3.75. The number of rotatable bonds is 5. The van der Waals surface area contributed by atoms with Crippen molar-refractivity contribution in [1.82, 2.24) is 0 Å². The van der Waals surface area contributed by atoms with Crippen molar-refractivity contribution in [3.8, 4) is 0 Å². The van der Waals surface area contributed by atoms with E-state index in [2.05, 4.69) is 4.72 Å². The van der Waals surface area contributed by atoms with Crippen LogP contribution in [0.15, 0.2) is 24.3 Å². The first-order valence-electron chi connectivity index (χ1n) is 5.75. The van der Waals surface area contributed by atoms with Crippen LogP contribution in [0.5, 0.6) is 0 Å². The van der Waals surface area contributed by atoms with Gasteiger partial charge in [0.25, 0.3) is 0 Å². The third-order valence-corrected chi connectivity index (χ3v) is 4.47. The first-order valence-corrected chi connectivity index (χ1v) is 9.49. The van der Waals surface area contributed by atoms with E-state index < -0.39 is 20.0 Å². The SMILES string of the molecule is CS(=O)(=O)Nc1ccccc1N(C1CC1)S(C)(=O)=O. The second kappa shape index (κ2) is 4.68. The van der Waals surface area contributed by atoms with Crippen LogP contribution in [0.3, 0.4) is 0 Å². The Bertz CT molecular complexity index is 678. The molecule has 8 heteroatoms. The summed E-state index contributed by atoms with van der Waals surface area (Å²) in [4.78, 5) is 0. The molecule has 1 aromatic rings. The van der Waals surface area contributed by atoms with Crippen LogP contribution < -0.4 is 9.03 Å². The first-order chi connectivity index (χ1) is 8.68. The van der Waals surface area contributed by atoms with Gasteiger partial charge in [-0.15, -0.1) is 0 Å². The molecule has 0 bridgehead atoms. The molecule has 19 heavy (non-hydrogen) atoms. The lowest BCUT2D eigenvalue weighted by molar-refractivity contribution is 0.595. The van der Waals surface area contributed by atoms with E-state index in [1.54, 1.807) is 24.3 Å². The van der Waals surface area contributed by atoms with E-state index in [-0.39, 0.29) is 11.7 Å². The van der Waals surface area contributed by atoms with E-state index in [4.69, 9.17) is 0 Å². The number of para-hydroxylation sites is 2. The molecular weight excluding hydrogens is 288 g/mol. The van der Waals surface area contributed by atoms with Crippen molar-refractivity contribution in [3.05, 3.63) is 24.3 Å². The van der Waals surface area contributed by atoms with Crippen molar-refractivity contribution in [2.45, 2.75) is 18.9 Å². The largest absolute Gasteiger partial charge is 0.282 e. The summed E-state index contributed by atoms with van der Waals surface area (Å²) in [7, 11) is -6.89. The number of nitrogens with one attached hydrogen (secondary N) is 1. The maximum Gasteiger partial charge on any atom is 0.232 e. The Morgan fingerprint density at radius 2 is 1.68 bits per heavy atom. The Labute approximate surface area is 113 Å². The zero-order chi connectivity index (χ0) is 14.3. The molecular formula is C11H16N2O4S2. The van der Waals surface area contributed by atoms with Gasteiger partial charge in [-0.25, -0.2) is 16.8 Å². The zero-order valence-corrected chi connectivity index (χ0v) is 12.3. The smallest absolute Gasteiger partial charge is 0.232 e. The Hall–Kier alpha value is -1.28. The fourth-order valence-electron chi connectivity index (χ4n) is 1.91. The monoisotopic (exact) mass is 304 g/mol. The summed E-state index contributed by atoms with van der Waals surface area (Å²) < 4.78 is 50.1. The molecule has 0 saturated heterocycles. The van der Waals surface area contributed by atoms with E-state index >= 15 is 0 Å². The Morgan fingerprint density at radius 3 is 2.16 bits per heavy atom. The predicted molar refractivity (Wildman–Crippen MR) is 75.3 cm³/mol. The summed E-state index contributed by atoms with van der Waals surface area (Å²) in [5, 5.41) is 0. The Balaban J connectivity index is 2.49. The minimum Gasteiger partial charge on any atom is -0.282 e. The number of sulfonamides is 2. The van der Waals surface area contributed by atoms with Crippen molar-refractivity contribution in [1.29, 1.82) is 0 Å². The summed E-state index contributed by atoms with van der Waals surface area (Å²) in [6, 6.07) is 6.43. The molecule has 0 radical (unpaired) electrons. The predicted octanol–water partition coefficient (Wildman–Crippen LogP) is 0.986. The topological polar surface area (TPSA) is 83.6 Å². The van der Waals surface area contributed by atoms with Crippen molar-refractivity contribution >= 4 is 31.4 Å². The summed E-state index contributed by atoms with van der Waals surface area (Å²) in [6.45, 7) is 0. The molecule has 0 aromatic heterocycles. The molecule has 1 aliphatic carbocycles. The maximum atomic E-state index is 11.9. The van der Waals surface area contributed by atoms with Crippen molar-refractivity contribution in [2.24, 2.45) is 0 Å². The lowest BCUT2D eigenvalue weighted by Gasteiger charge is -2.24. The average molecular weight is 304 g/mol. The third-order valence-electron chi connectivity index (χ3n) is 2.67. The molecule has 2 rings (SSSR count). The Morgan fingerprint density at radius 1 is 1.11 bits per heavy atom.